The van der Waals surface area contributed by atoms with Gasteiger partial charge in [0, 0.05) is 22.6 Å². The van der Waals surface area contributed by atoms with Gasteiger partial charge in [-0.3, -0.25) is 4.79 Å². The molecule has 34 heavy (non-hydrogen) atoms. The predicted octanol–water partition coefficient (Wildman–Crippen LogP) is 5.39. The molecule has 3 aromatic carbocycles. The van der Waals surface area contributed by atoms with Crippen molar-refractivity contribution >= 4 is 18.1 Å². The molecule has 0 saturated carbocycles. The molecule has 0 saturated heterocycles. The molecular weight excluding hydrogens is 426 g/mol. The van der Waals surface area contributed by atoms with Gasteiger partial charge in [0.1, 0.15) is 5.75 Å². The van der Waals surface area contributed by atoms with Crippen LogP contribution in [0, 0.1) is 20.8 Å². The zero-order valence-corrected chi connectivity index (χ0v) is 19.3. The van der Waals surface area contributed by atoms with Crippen molar-refractivity contribution in [3.8, 4) is 11.4 Å². The lowest BCUT2D eigenvalue weighted by molar-refractivity contribution is 0.0733. The maximum absolute atomic E-state index is 12.4. The first kappa shape index (κ1) is 22.7. The number of esters is 1. The van der Waals surface area contributed by atoms with Crippen LogP contribution < -0.4 is 10.2 Å². The van der Waals surface area contributed by atoms with E-state index < -0.39 is 5.97 Å². The first-order chi connectivity index (χ1) is 16.4. The summed E-state index contributed by atoms with van der Waals surface area (Å²) in [4.78, 5) is 24.7. The molecule has 0 radical (unpaired) electrons. The van der Waals surface area contributed by atoms with E-state index in [9.17, 15) is 9.59 Å². The molecule has 1 N–H and O–H groups in total. The molecular formula is C28H25N3O3. The number of ether oxygens (including phenoxy) is 1. The number of hydrazone groups is 1. The first-order valence-electron chi connectivity index (χ1n) is 10.9. The fourth-order valence-electron chi connectivity index (χ4n) is 3.65. The molecule has 0 atom stereocenters. The van der Waals surface area contributed by atoms with Crippen LogP contribution in [0.15, 0.2) is 90.0 Å². The summed E-state index contributed by atoms with van der Waals surface area (Å²) in [5.41, 5.74) is 8.47. The van der Waals surface area contributed by atoms with Crippen LogP contribution in [0.4, 0.5) is 0 Å². The molecule has 170 valence electrons. The minimum absolute atomic E-state index is 0.299. The normalized spacial score (nSPS) is 10.9. The molecule has 0 aliphatic heterocycles. The van der Waals surface area contributed by atoms with Crippen LogP contribution in [0.5, 0.6) is 5.75 Å². The molecule has 0 unspecified atom stereocenters. The topological polar surface area (TPSA) is 72.7 Å². The van der Waals surface area contributed by atoms with Crippen LogP contribution in [0.25, 0.3) is 5.69 Å². The third kappa shape index (κ3) is 5.13. The van der Waals surface area contributed by atoms with Crippen molar-refractivity contribution in [2.75, 3.05) is 0 Å². The molecule has 0 fully saturated rings. The molecule has 0 spiro atoms. The van der Waals surface area contributed by atoms with Crippen molar-refractivity contribution < 1.29 is 14.3 Å². The number of carbonyl (C=O) groups is 2. The highest BCUT2D eigenvalue weighted by atomic mass is 16.5. The van der Waals surface area contributed by atoms with Gasteiger partial charge in [-0.15, -0.1) is 0 Å². The monoisotopic (exact) mass is 451 g/mol. The molecule has 0 aliphatic carbocycles. The highest BCUT2D eigenvalue weighted by molar-refractivity contribution is 5.95. The van der Waals surface area contributed by atoms with E-state index in [1.807, 2.05) is 45.0 Å². The average molecular weight is 452 g/mol. The van der Waals surface area contributed by atoms with Crippen molar-refractivity contribution in [2.45, 2.75) is 20.8 Å². The number of nitrogens with zero attached hydrogens (tertiary/aromatic N) is 2. The standard InChI is InChI=1S/C28H25N3O3/c1-19-6-4-5-7-26(19)28(33)34-25-16-10-22(11-17-25)18-29-30-27(32)23-12-14-24(15-13-23)31-20(2)8-9-21(31)3/h4-18H,1-3H3,(H,30,32)/b29-18+. The van der Waals surface area contributed by atoms with Crippen LogP contribution in [0.1, 0.15) is 43.2 Å². The number of aryl methyl sites for hydroxylation is 3. The lowest BCUT2D eigenvalue weighted by atomic mass is 10.1. The quantitative estimate of drug-likeness (QED) is 0.185. The van der Waals surface area contributed by atoms with Gasteiger partial charge in [0.25, 0.3) is 5.91 Å². The zero-order valence-electron chi connectivity index (χ0n) is 19.3. The van der Waals surface area contributed by atoms with Gasteiger partial charge in [-0.05, 0) is 98.6 Å². The SMILES string of the molecule is Cc1ccccc1C(=O)Oc1ccc(/C=N/NC(=O)c2ccc(-n3c(C)ccc3C)cc2)cc1. The molecule has 0 aliphatic rings. The summed E-state index contributed by atoms with van der Waals surface area (Å²) in [5.74, 6) is -0.268. The van der Waals surface area contributed by atoms with Gasteiger partial charge in [-0.25, -0.2) is 10.2 Å². The number of nitrogens with one attached hydrogen (secondary N) is 1. The summed E-state index contributed by atoms with van der Waals surface area (Å²) in [6.45, 7) is 5.95. The highest BCUT2D eigenvalue weighted by Gasteiger charge is 2.11. The van der Waals surface area contributed by atoms with E-state index in [1.54, 1.807) is 48.5 Å². The first-order valence-corrected chi connectivity index (χ1v) is 10.9. The molecule has 6 nitrogen and oxygen atoms in total. The molecule has 4 aromatic rings. The van der Waals surface area contributed by atoms with Crippen molar-refractivity contribution in [3.05, 3.63) is 119 Å². The molecule has 1 aromatic heterocycles. The predicted molar refractivity (Wildman–Crippen MR) is 133 cm³/mol. The lowest BCUT2D eigenvalue weighted by Gasteiger charge is -2.10. The summed E-state index contributed by atoms with van der Waals surface area (Å²) in [5, 5.41) is 4.03. The molecule has 1 heterocycles. The van der Waals surface area contributed by atoms with Gasteiger partial charge in [-0.1, -0.05) is 18.2 Å². The molecule has 6 heteroatoms. The number of carbonyl (C=O) groups excluding carboxylic acids is 2. The second-order valence-corrected chi connectivity index (χ2v) is 7.97. The van der Waals surface area contributed by atoms with E-state index in [-0.39, 0.29) is 5.91 Å². The van der Waals surface area contributed by atoms with Crippen LogP contribution in [0.3, 0.4) is 0 Å². The van der Waals surface area contributed by atoms with Crippen LogP contribution in [-0.2, 0) is 0 Å². The fourth-order valence-corrected chi connectivity index (χ4v) is 3.65. The van der Waals surface area contributed by atoms with Gasteiger partial charge < -0.3 is 9.30 Å². The van der Waals surface area contributed by atoms with Crippen LogP contribution in [0.2, 0.25) is 0 Å². The Kier molecular flexibility index (Phi) is 6.69. The van der Waals surface area contributed by atoms with Gasteiger partial charge in [0.05, 0.1) is 11.8 Å². The van der Waals surface area contributed by atoms with E-state index in [4.69, 9.17) is 4.74 Å². The number of amides is 1. The maximum Gasteiger partial charge on any atom is 0.343 e. The smallest absolute Gasteiger partial charge is 0.343 e. The summed E-state index contributed by atoms with van der Waals surface area (Å²) >= 11 is 0. The van der Waals surface area contributed by atoms with Crippen molar-refractivity contribution in [3.63, 3.8) is 0 Å². The minimum atomic E-state index is -0.403. The Morgan fingerprint density at radius 3 is 2.12 bits per heavy atom. The Morgan fingerprint density at radius 1 is 0.824 bits per heavy atom. The average Bonchev–Trinajstić information content (AvgIpc) is 3.18. The largest absolute Gasteiger partial charge is 0.423 e. The second kappa shape index (κ2) is 10.0. The Hall–Kier alpha value is -4.45. The number of hydrogen-bond acceptors (Lipinski definition) is 4. The summed E-state index contributed by atoms with van der Waals surface area (Å²) in [7, 11) is 0. The molecule has 4 rings (SSSR count). The molecule has 0 bridgehead atoms. The maximum atomic E-state index is 12.4. The highest BCUT2D eigenvalue weighted by Crippen LogP contribution is 2.17. The summed E-state index contributed by atoms with van der Waals surface area (Å²) in [6, 6.07) is 25.6. The Labute approximate surface area is 198 Å². The number of benzene rings is 3. The Balaban J connectivity index is 1.34. The van der Waals surface area contributed by atoms with E-state index >= 15 is 0 Å². The van der Waals surface area contributed by atoms with Crippen molar-refractivity contribution in [1.29, 1.82) is 0 Å². The van der Waals surface area contributed by atoms with Crippen LogP contribution in [-0.4, -0.2) is 22.7 Å². The van der Waals surface area contributed by atoms with E-state index in [2.05, 4.69) is 27.2 Å². The lowest BCUT2D eigenvalue weighted by Crippen LogP contribution is -2.17. The van der Waals surface area contributed by atoms with Gasteiger partial charge >= 0.3 is 5.97 Å². The van der Waals surface area contributed by atoms with E-state index in [0.29, 0.717) is 16.9 Å². The number of rotatable bonds is 6. The third-order valence-electron chi connectivity index (χ3n) is 5.49. The number of aromatic nitrogens is 1. The van der Waals surface area contributed by atoms with E-state index in [0.717, 1.165) is 28.2 Å². The van der Waals surface area contributed by atoms with Gasteiger partial charge in [-0.2, -0.15) is 5.10 Å². The van der Waals surface area contributed by atoms with Crippen molar-refractivity contribution in [2.24, 2.45) is 5.10 Å². The van der Waals surface area contributed by atoms with E-state index in [1.165, 1.54) is 6.21 Å². The third-order valence-corrected chi connectivity index (χ3v) is 5.49. The van der Waals surface area contributed by atoms with Crippen molar-refractivity contribution in [1.82, 2.24) is 9.99 Å². The summed E-state index contributed by atoms with van der Waals surface area (Å²) < 4.78 is 7.56. The second-order valence-electron chi connectivity index (χ2n) is 7.97. The van der Waals surface area contributed by atoms with Gasteiger partial charge in [0.2, 0.25) is 0 Å². The Bertz CT molecular complexity index is 1330. The molecule has 1 amide bonds. The van der Waals surface area contributed by atoms with Crippen LogP contribution >= 0.6 is 0 Å². The Morgan fingerprint density at radius 2 is 1.47 bits per heavy atom. The zero-order chi connectivity index (χ0) is 24.1. The fraction of sp³-hybridized carbons (Fsp3) is 0.107. The summed E-state index contributed by atoms with van der Waals surface area (Å²) in [6.07, 6.45) is 1.53. The minimum Gasteiger partial charge on any atom is -0.423 e. The number of hydrogen-bond donors (Lipinski definition) is 1. The van der Waals surface area contributed by atoms with Gasteiger partial charge in [0.15, 0.2) is 0 Å².